The first kappa shape index (κ1) is 22.9. The predicted octanol–water partition coefficient (Wildman–Crippen LogP) is -5.79. The molecule has 2 N–H and O–H groups in total. The monoisotopic (exact) mass is 478 g/mol. The molecule has 0 amide bonds. The van der Waals surface area contributed by atoms with Gasteiger partial charge in [0, 0.05) is 0 Å². The summed E-state index contributed by atoms with van der Waals surface area (Å²) in [5.41, 5.74) is 0. The van der Waals surface area contributed by atoms with Crippen molar-refractivity contribution in [3.63, 3.8) is 0 Å². The van der Waals surface area contributed by atoms with Crippen molar-refractivity contribution in [2.24, 2.45) is 0 Å². The summed E-state index contributed by atoms with van der Waals surface area (Å²) < 4.78 is 48.7. The van der Waals surface area contributed by atoms with Gasteiger partial charge in [-0.25, -0.2) is 0 Å². The minimum atomic E-state index is -3.79. The normalized spacial score (nSPS) is 7.00. The fraction of sp³-hybridized carbons (Fsp3) is 0. The van der Waals surface area contributed by atoms with E-state index in [2.05, 4.69) is 0 Å². The third-order valence-corrected chi connectivity index (χ3v) is 0. The summed E-state index contributed by atoms with van der Waals surface area (Å²) in [6.07, 6.45) is 0. The molecule has 0 aliphatic rings. The van der Waals surface area contributed by atoms with Crippen LogP contribution in [0, 0.1) is 0 Å². The Morgan fingerprint density at radius 3 is 1.10 bits per heavy atom. The van der Waals surface area contributed by atoms with Gasteiger partial charge in [-0.15, -0.1) is 0 Å². The van der Waals surface area contributed by atoms with E-state index in [1.54, 1.807) is 0 Å². The van der Waals surface area contributed by atoms with Crippen LogP contribution in [0.2, 0.25) is 0 Å². The fourth-order valence-electron chi connectivity index (χ4n) is 0. The molecule has 0 aromatic heterocycles. The van der Waals surface area contributed by atoms with E-state index in [9.17, 15) is 0 Å². The molecule has 0 radical (unpaired) electrons. The van der Waals surface area contributed by atoms with Gasteiger partial charge in [0.05, 0.1) is 0 Å². The van der Waals surface area contributed by atoms with Gasteiger partial charge in [0.2, 0.25) is 0 Å². The summed E-state index contributed by atoms with van der Waals surface area (Å²) in [5, 5.41) is 0. The molecule has 0 spiro atoms. The van der Waals surface area contributed by atoms with Crippen molar-refractivity contribution in [2.75, 3.05) is 0 Å². The first-order valence-electron chi connectivity index (χ1n) is 1.03. The predicted molar refractivity (Wildman–Crippen MR) is 31.6 cm³/mol. The SMILES string of the molecule is O=[Se](O)O.O=[Se]([O-])[O-].[Ba+2].[SeH2]. The van der Waals surface area contributed by atoms with Crippen LogP contribution in [0.15, 0.2) is 0 Å². The van der Waals surface area contributed by atoms with E-state index in [0.717, 1.165) is 0 Å². The topological polar surface area (TPSA) is 121 Å². The van der Waals surface area contributed by atoms with E-state index in [-0.39, 0.29) is 65.9 Å². The molecule has 0 saturated heterocycles. The molecule has 6 nitrogen and oxygen atoms in total. The van der Waals surface area contributed by atoms with Crippen molar-refractivity contribution in [3.05, 3.63) is 0 Å². The van der Waals surface area contributed by atoms with Gasteiger partial charge in [-0.1, -0.05) is 0 Å². The van der Waals surface area contributed by atoms with Crippen molar-refractivity contribution in [3.8, 4) is 0 Å². The van der Waals surface area contributed by atoms with E-state index in [4.69, 9.17) is 24.4 Å². The van der Waals surface area contributed by atoms with Crippen LogP contribution in [0.4, 0.5) is 0 Å². The van der Waals surface area contributed by atoms with E-state index in [1.165, 1.54) is 0 Å². The quantitative estimate of drug-likeness (QED) is 0.338. The second kappa shape index (κ2) is 17.6. The van der Waals surface area contributed by atoms with Gasteiger partial charge >= 0.3 is 119 Å². The Labute approximate surface area is 117 Å². The van der Waals surface area contributed by atoms with Gasteiger partial charge in [0.15, 0.2) is 0 Å². The second-order valence-corrected chi connectivity index (χ2v) is 2.26. The van der Waals surface area contributed by atoms with E-state index < -0.39 is 29.0 Å². The van der Waals surface area contributed by atoms with Gasteiger partial charge < -0.3 is 0 Å². The Kier molecular flexibility index (Phi) is 40.3. The van der Waals surface area contributed by atoms with Gasteiger partial charge in [0.1, 0.15) is 0 Å². The zero-order valence-electron chi connectivity index (χ0n) is 4.55. The van der Waals surface area contributed by atoms with Crippen LogP contribution >= 0.6 is 0 Å². The molecule has 10 heavy (non-hydrogen) atoms. The Morgan fingerprint density at radius 1 is 1.10 bits per heavy atom. The van der Waals surface area contributed by atoms with Gasteiger partial charge in [-0.3, -0.25) is 0 Å². The molecule has 0 saturated carbocycles. The summed E-state index contributed by atoms with van der Waals surface area (Å²) in [5.74, 6) is 0. The molecule has 0 unspecified atom stereocenters. The summed E-state index contributed by atoms with van der Waals surface area (Å²) >= 11 is -7.08. The van der Waals surface area contributed by atoms with E-state index in [1.807, 2.05) is 0 Å². The van der Waals surface area contributed by atoms with Crippen LogP contribution in [0.3, 0.4) is 0 Å². The summed E-state index contributed by atoms with van der Waals surface area (Å²) in [7, 11) is 0. The second-order valence-electron chi connectivity index (χ2n) is 0.435. The molecule has 10 heteroatoms. The Bertz CT molecular complexity index is 71.0. The number of rotatable bonds is 0. The summed E-state index contributed by atoms with van der Waals surface area (Å²) in [4.78, 5) is 0. The average molecular weight is 474 g/mol. The number of hydrogen-bond acceptors (Lipinski definition) is 4. The van der Waals surface area contributed by atoms with Crippen LogP contribution in [0.25, 0.3) is 0 Å². The molecule has 60 valence electrons. The third-order valence-electron chi connectivity index (χ3n) is 0. The van der Waals surface area contributed by atoms with Crippen molar-refractivity contribution in [1.29, 1.82) is 0 Å². The Hall–Kier alpha value is 2.57. The molecule has 0 heterocycles. The van der Waals surface area contributed by atoms with E-state index >= 15 is 0 Å². The first-order valence-corrected chi connectivity index (χ1v) is 5.36. The molecule has 0 fully saturated rings. The molecular weight excluding hydrogens is 470 g/mol. The molecule has 0 aliphatic heterocycles. The zero-order chi connectivity index (χ0) is 7.15. The average Bonchev–Trinajstić information content (AvgIpc) is 1.25. The first-order chi connectivity index (χ1) is 3.46. The van der Waals surface area contributed by atoms with Crippen LogP contribution in [-0.2, 0) is 7.67 Å². The van der Waals surface area contributed by atoms with Crippen LogP contribution < -0.4 is 8.38 Å². The van der Waals surface area contributed by atoms with Crippen molar-refractivity contribution in [2.45, 2.75) is 0 Å². The Morgan fingerprint density at radius 2 is 1.10 bits per heavy atom. The van der Waals surface area contributed by atoms with Crippen molar-refractivity contribution < 1.29 is 24.4 Å². The summed E-state index contributed by atoms with van der Waals surface area (Å²) in [6, 6.07) is 0. The van der Waals surface area contributed by atoms with Gasteiger partial charge in [-0.2, -0.15) is 0 Å². The van der Waals surface area contributed by atoms with Gasteiger partial charge in [0.25, 0.3) is 0 Å². The molecular formula is H4BaO6Se3. The van der Waals surface area contributed by atoms with Crippen LogP contribution in [-0.4, -0.2) is 103 Å². The molecule has 0 aromatic carbocycles. The minimum absolute atomic E-state index is 0. The molecule has 0 bridgehead atoms. The number of hydrogen-bond donors (Lipinski definition) is 2. The van der Waals surface area contributed by atoms with Crippen molar-refractivity contribution >= 4 is 94.9 Å². The van der Waals surface area contributed by atoms with Gasteiger partial charge in [-0.05, 0) is 0 Å². The van der Waals surface area contributed by atoms with Crippen LogP contribution in [0.5, 0.6) is 0 Å². The maximum atomic E-state index is 8.76. The maximum absolute atomic E-state index is 8.76. The molecule has 0 atom stereocenters. The summed E-state index contributed by atoms with van der Waals surface area (Å²) in [6.45, 7) is 0. The molecule has 0 rings (SSSR count). The fourth-order valence-corrected chi connectivity index (χ4v) is 0. The molecule has 0 aliphatic carbocycles. The Balaban J connectivity index is -0.0000000300. The van der Waals surface area contributed by atoms with E-state index in [0.29, 0.717) is 0 Å². The zero-order valence-corrected chi connectivity index (χ0v) is 14.5. The third kappa shape index (κ3) is 147. The standard InChI is InChI=1S/Ba.2H2O3Se.H2Se/c;2*1-4(2)3;/h;2*(H2,1,2,3);1H2/q+2;;;/p-2. The molecule has 0 aromatic rings. The van der Waals surface area contributed by atoms with Crippen molar-refractivity contribution in [1.82, 2.24) is 0 Å². The van der Waals surface area contributed by atoms with Crippen LogP contribution in [0.1, 0.15) is 0 Å².